The van der Waals surface area contributed by atoms with Crippen LogP contribution < -0.4 is 5.32 Å². The summed E-state index contributed by atoms with van der Waals surface area (Å²) in [4.78, 5) is 26.1. The molecule has 3 rings (SSSR count). The van der Waals surface area contributed by atoms with Crippen molar-refractivity contribution >= 4 is 17.5 Å². The zero-order valence-electron chi connectivity index (χ0n) is 13.0. The number of ether oxygens (including phenoxy) is 1. The van der Waals surface area contributed by atoms with Crippen LogP contribution in [0.4, 0.5) is 5.69 Å². The van der Waals surface area contributed by atoms with Gasteiger partial charge in [0.2, 0.25) is 5.91 Å². The first kappa shape index (κ1) is 15.2. The number of benzene rings is 1. The highest BCUT2D eigenvalue weighted by Crippen LogP contribution is 2.29. The monoisotopic (exact) mass is 314 g/mol. The molecule has 1 N–H and O–H groups in total. The Labute approximate surface area is 133 Å². The molecule has 23 heavy (non-hydrogen) atoms. The second-order valence-electron chi connectivity index (χ2n) is 5.48. The Morgan fingerprint density at radius 3 is 2.70 bits per heavy atom. The summed E-state index contributed by atoms with van der Waals surface area (Å²) in [7, 11) is 3.46. The highest BCUT2D eigenvalue weighted by molar-refractivity contribution is 5.96. The summed E-state index contributed by atoms with van der Waals surface area (Å²) >= 11 is 0. The maximum atomic E-state index is 12.6. The van der Waals surface area contributed by atoms with Crippen LogP contribution in [0.2, 0.25) is 0 Å². The normalized spacial score (nSPS) is 21.3. The van der Waals surface area contributed by atoms with Crippen molar-refractivity contribution < 1.29 is 14.3 Å². The van der Waals surface area contributed by atoms with Crippen molar-refractivity contribution in [3.8, 4) is 0 Å². The largest absolute Gasteiger partial charge is 0.356 e. The lowest BCUT2D eigenvalue weighted by Crippen LogP contribution is -2.51. The van der Waals surface area contributed by atoms with E-state index in [2.05, 4.69) is 10.4 Å². The molecule has 7 heteroatoms. The van der Waals surface area contributed by atoms with Crippen LogP contribution in [0.5, 0.6) is 0 Å². The van der Waals surface area contributed by atoms with E-state index in [1.807, 2.05) is 30.3 Å². The standard InChI is InChI=1S/C16H18N4O3/c1-19-9-12(8-17-19)18-16(22)15-14(11-6-4-3-5-7-11)20(2)13(21)10-23-15/h3-9,14-15H,10H2,1-2H3,(H,18,22)/t14-,15-/m0/s1. The van der Waals surface area contributed by atoms with Crippen LogP contribution in [-0.4, -0.2) is 46.3 Å². The third kappa shape index (κ3) is 3.09. The van der Waals surface area contributed by atoms with Crippen molar-refractivity contribution in [3.63, 3.8) is 0 Å². The Morgan fingerprint density at radius 1 is 1.30 bits per heavy atom. The third-order valence-electron chi connectivity index (χ3n) is 3.86. The number of amides is 2. The van der Waals surface area contributed by atoms with E-state index in [9.17, 15) is 9.59 Å². The van der Waals surface area contributed by atoms with Crippen LogP contribution in [0.3, 0.4) is 0 Å². The number of nitrogens with one attached hydrogen (secondary N) is 1. The number of carbonyl (C=O) groups excluding carboxylic acids is 2. The van der Waals surface area contributed by atoms with Gasteiger partial charge in [0.05, 0.1) is 17.9 Å². The van der Waals surface area contributed by atoms with Gasteiger partial charge in [0.1, 0.15) is 6.61 Å². The Kier molecular flexibility index (Phi) is 4.12. The zero-order chi connectivity index (χ0) is 16.4. The number of hydrogen-bond acceptors (Lipinski definition) is 4. The van der Waals surface area contributed by atoms with Gasteiger partial charge >= 0.3 is 0 Å². The van der Waals surface area contributed by atoms with E-state index in [0.29, 0.717) is 5.69 Å². The van der Waals surface area contributed by atoms with Gasteiger partial charge in [-0.3, -0.25) is 14.3 Å². The number of anilines is 1. The average molecular weight is 314 g/mol. The molecule has 0 spiro atoms. The van der Waals surface area contributed by atoms with E-state index < -0.39 is 12.1 Å². The third-order valence-corrected chi connectivity index (χ3v) is 3.86. The molecule has 0 bridgehead atoms. The number of rotatable bonds is 3. The van der Waals surface area contributed by atoms with Crippen LogP contribution in [0.25, 0.3) is 0 Å². The molecule has 2 amide bonds. The SMILES string of the molecule is CN1C(=O)CO[C@H](C(=O)Nc2cnn(C)c2)[C@@H]1c1ccccc1. The first-order valence-corrected chi connectivity index (χ1v) is 7.28. The predicted molar refractivity (Wildman–Crippen MR) is 83.5 cm³/mol. The molecule has 0 unspecified atom stereocenters. The summed E-state index contributed by atoms with van der Waals surface area (Å²) in [5.41, 5.74) is 1.45. The molecule has 120 valence electrons. The molecule has 1 aromatic carbocycles. The molecule has 0 aliphatic carbocycles. The van der Waals surface area contributed by atoms with Gasteiger partial charge < -0.3 is 15.0 Å². The lowest BCUT2D eigenvalue weighted by molar-refractivity contribution is -0.160. The van der Waals surface area contributed by atoms with E-state index in [1.165, 1.54) is 0 Å². The highest BCUT2D eigenvalue weighted by atomic mass is 16.5. The van der Waals surface area contributed by atoms with Gasteiger partial charge in [-0.1, -0.05) is 30.3 Å². The molecule has 7 nitrogen and oxygen atoms in total. The first-order valence-electron chi connectivity index (χ1n) is 7.28. The van der Waals surface area contributed by atoms with Crippen LogP contribution in [-0.2, 0) is 21.4 Å². The lowest BCUT2D eigenvalue weighted by Gasteiger charge is -2.38. The van der Waals surface area contributed by atoms with Crippen molar-refractivity contribution in [3.05, 3.63) is 48.3 Å². The fourth-order valence-electron chi connectivity index (χ4n) is 2.68. The first-order chi connectivity index (χ1) is 11.1. The van der Waals surface area contributed by atoms with Crippen molar-refractivity contribution in [1.82, 2.24) is 14.7 Å². The molecule has 1 aliphatic heterocycles. The maximum Gasteiger partial charge on any atom is 0.256 e. The maximum absolute atomic E-state index is 12.6. The van der Waals surface area contributed by atoms with E-state index in [-0.39, 0.29) is 18.4 Å². The van der Waals surface area contributed by atoms with Crippen LogP contribution in [0.1, 0.15) is 11.6 Å². The van der Waals surface area contributed by atoms with Gasteiger partial charge in [0, 0.05) is 20.3 Å². The molecule has 0 radical (unpaired) electrons. The second-order valence-corrected chi connectivity index (χ2v) is 5.48. The smallest absolute Gasteiger partial charge is 0.256 e. The van der Waals surface area contributed by atoms with Gasteiger partial charge in [-0.05, 0) is 5.56 Å². The fraction of sp³-hybridized carbons (Fsp3) is 0.312. The molecule has 1 saturated heterocycles. The topological polar surface area (TPSA) is 76.5 Å². The molecule has 1 aliphatic rings. The molecule has 2 aromatic rings. The molecular formula is C16H18N4O3. The summed E-state index contributed by atoms with van der Waals surface area (Å²) in [5, 5.41) is 6.80. The minimum absolute atomic E-state index is 0.106. The van der Waals surface area contributed by atoms with E-state index in [0.717, 1.165) is 5.56 Å². The number of carbonyl (C=O) groups is 2. The number of aromatic nitrogens is 2. The van der Waals surface area contributed by atoms with Gasteiger partial charge in [-0.25, -0.2) is 0 Å². The molecular weight excluding hydrogens is 296 g/mol. The zero-order valence-corrected chi connectivity index (χ0v) is 13.0. The summed E-state index contributed by atoms with van der Waals surface area (Å²) in [6.07, 6.45) is 2.49. The molecule has 2 atom stereocenters. The Morgan fingerprint density at radius 2 is 2.04 bits per heavy atom. The Balaban J connectivity index is 1.85. The van der Waals surface area contributed by atoms with E-state index >= 15 is 0 Å². The van der Waals surface area contributed by atoms with Crippen LogP contribution in [0.15, 0.2) is 42.7 Å². The van der Waals surface area contributed by atoms with E-state index in [4.69, 9.17) is 4.74 Å². The lowest BCUT2D eigenvalue weighted by atomic mass is 9.97. The average Bonchev–Trinajstić information content (AvgIpc) is 2.95. The molecule has 2 heterocycles. The Bertz CT molecular complexity index is 713. The number of aryl methyl sites for hydroxylation is 1. The molecule has 0 saturated carbocycles. The number of nitrogens with zero attached hydrogens (tertiary/aromatic N) is 3. The molecule has 1 fully saturated rings. The number of hydrogen-bond donors (Lipinski definition) is 1. The van der Waals surface area contributed by atoms with Crippen molar-refractivity contribution in [2.24, 2.45) is 7.05 Å². The summed E-state index contributed by atoms with van der Waals surface area (Å²) in [6.45, 7) is -0.106. The van der Waals surface area contributed by atoms with Crippen molar-refractivity contribution in [1.29, 1.82) is 0 Å². The second kappa shape index (κ2) is 6.21. The summed E-state index contributed by atoms with van der Waals surface area (Å²) in [5.74, 6) is -0.449. The molecule has 1 aromatic heterocycles. The van der Waals surface area contributed by atoms with Crippen molar-refractivity contribution in [2.45, 2.75) is 12.1 Å². The fourth-order valence-corrected chi connectivity index (χ4v) is 2.68. The quantitative estimate of drug-likeness (QED) is 0.915. The van der Waals surface area contributed by atoms with Crippen molar-refractivity contribution in [2.75, 3.05) is 19.0 Å². The predicted octanol–water partition coefficient (Wildman–Crippen LogP) is 0.957. The highest BCUT2D eigenvalue weighted by Gasteiger charge is 2.40. The minimum Gasteiger partial charge on any atom is -0.356 e. The van der Waals surface area contributed by atoms with Crippen LogP contribution in [0, 0.1) is 0 Å². The van der Waals surface area contributed by atoms with E-state index in [1.54, 1.807) is 36.1 Å². The van der Waals surface area contributed by atoms with Gasteiger partial charge in [0.15, 0.2) is 6.10 Å². The minimum atomic E-state index is -0.777. The summed E-state index contributed by atoms with van der Waals surface area (Å²) < 4.78 is 7.14. The van der Waals surface area contributed by atoms with Gasteiger partial charge in [-0.15, -0.1) is 0 Å². The summed E-state index contributed by atoms with van der Waals surface area (Å²) in [6, 6.07) is 8.94. The van der Waals surface area contributed by atoms with Crippen LogP contribution >= 0.6 is 0 Å². The number of likely N-dealkylation sites (N-methyl/N-ethyl adjacent to an activating group) is 1. The number of morpholine rings is 1. The van der Waals surface area contributed by atoms with Gasteiger partial charge in [-0.2, -0.15) is 5.10 Å². The Hall–Kier alpha value is -2.67. The van der Waals surface area contributed by atoms with Gasteiger partial charge in [0.25, 0.3) is 5.91 Å².